The van der Waals surface area contributed by atoms with E-state index in [0.717, 1.165) is 49.4 Å². The number of aromatic nitrogens is 2. The van der Waals surface area contributed by atoms with Gasteiger partial charge in [-0.15, -0.1) is 0 Å². The van der Waals surface area contributed by atoms with Gasteiger partial charge in [-0.1, -0.05) is 6.92 Å². The first-order chi connectivity index (χ1) is 15.1. The summed E-state index contributed by atoms with van der Waals surface area (Å²) in [5, 5.41) is 23.3. The number of nitrogens with zero attached hydrogens (tertiary/aromatic N) is 3. The van der Waals surface area contributed by atoms with E-state index >= 15 is 4.39 Å². The Hall–Kier alpha value is -1.81. The fourth-order valence-corrected chi connectivity index (χ4v) is 8.32. The third kappa shape index (κ3) is 3.16. The minimum Gasteiger partial charge on any atom is -0.390 e. The molecule has 5 nitrogen and oxygen atoms in total. The molecule has 1 heterocycles. The molecule has 4 aliphatic carbocycles. The van der Waals surface area contributed by atoms with Crippen molar-refractivity contribution < 1.29 is 18.7 Å². The van der Waals surface area contributed by atoms with Crippen LogP contribution in [0.25, 0.3) is 0 Å². The molecule has 1 N–H and O–H groups in total. The van der Waals surface area contributed by atoms with Crippen LogP contribution in [0.15, 0.2) is 6.20 Å². The number of Topliss-reactive ketones (excluding diaryl/α,β-unsaturated/α-hetero) is 1. The van der Waals surface area contributed by atoms with Crippen LogP contribution in [0.2, 0.25) is 0 Å². The summed E-state index contributed by atoms with van der Waals surface area (Å²) in [6, 6.07) is 1.75. The molecule has 0 amide bonds. The molecule has 0 spiro atoms. The van der Waals surface area contributed by atoms with E-state index in [1.165, 1.54) is 0 Å². The van der Waals surface area contributed by atoms with E-state index in [9.17, 15) is 14.3 Å². The van der Waals surface area contributed by atoms with Gasteiger partial charge in [0.25, 0.3) is 0 Å². The topological polar surface area (TPSA) is 78.9 Å². The largest absolute Gasteiger partial charge is 0.390 e. The van der Waals surface area contributed by atoms with Crippen molar-refractivity contribution in [1.82, 2.24) is 9.78 Å². The minimum atomic E-state index is -1.19. The Balaban J connectivity index is 1.34. The lowest BCUT2D eigenvalue weighted by molar-refractivity contribution is -0.166. The summed E-state index contributed by atoms with van der Waals surface area (Å²) in [7, 11) is 0. The predicted octanol–water partition coefficient (Wildman–Crippen LogP) is 4.57. The quantitative estimate of drug-likeness (QED) is 0.739. The summed E-state index contributed by atoms with van der Waals surface area (Å²) in [6.45, 7) is 3.87. The predicted molar refractivity (Wildman–Crippen MR) is 113 cm³/mol. The van der Waals surface area contributed by atoms with Crippen LogP contribution in [-0.2, 0) is 11.3 Å². The molecular formula is C25H33F2N3O2. The molecule has 0 bridgehead atoms. The molecule has 174 valence electrons. The van der Waals surface area contributed by atoms with E-state index < -0.39 is 17.2 Å². The molecule has 0 radical (unpaired) electrons. The summed E-state index contributed by atoms with van der Waals surface area (Å²) in [5.41, 5.74) is -2.29. The first-order valence-electron chi connectivity index (χ1n) is 12.1. The van der Waals surface area contributed by atoms with Crippen molar-refractivity contribution in [2.45, 2.75) is 89.4 Å². The number of nitriles is 1. The van der Waals surface area contributed by atoms with Crippen molar-refractivity contribution in [3.05, 3.63) is 17.7 Å². The van der Waals surface area contributed by atoms with Gasteiger partial charge in [0.1, 0.15) is 23.8 Å². The van der Waals surface area contributed by atoms with Crippen molar-refractivity contribution in [2.24, 2.45) is 35.0 Å². The lowest BCUT2D eigenvalue weighted by Crippen LogP contribution is -2.58. The average molecular weight is 446 g/mol. The van der Waals surface area contributed by atoms with Gasteiger partial charge in [-0.05, 0) is 93.8 Å². The molecule has 0 saturated heterocycles. The lowest BCUT2D eigenvalue weighted by Gasteiger charge is -2.59. The second-order valence-electron chi connectivity index (χ2n) is 11.5. The summed E-state index contributed by atoms with van der Waals surface area (Å²) in [5.74, 6) is -0.417. The zero-order chi connectivity index (χ0) is 22.9. The van der Waals surface area contributed by atoms with Crippen LogP contribution < -0.4 is 0 Å². The monoisotopic (exact) mass is 445 g/mol. The Bertz CT molecular complexity index is 969. The van der Waals surface area contributed by atoms with Gasteiger partial charge in [0, 0.05) is 5.92 Å². The lowest BCUT2D eigenvalue weighted by atomic mass is 9.48. The average Bonchev–Trinajstić information content (AvgIpc) is 3.27. The molecular weight excluding hydrogens is 412 g/mol. The number of hydrogen-bond donors (Lipinski definition) is 1. The molecule has 0 aromatic carbocycles. The van der Waals surface area contributed by atoms with Gasteiger partial charge < -0.3 is 5.11 Å². The van der Waals surface area contributed by atoms with Gasteiger partial charge in [-0.3, -0.25) is 4.79 Å². The number of carbonyl (C=O) groups is 1. The maximum absolute atomic E-state index is 16.4. The molecule has 1 aromatic heterocycles. The minimum absolute atomic E-state index is 0.0195. The highest BCUT2D eigenvalue weighted by atomic mass is 19.1. The van der Waals surface area contributed by atoms with Crippen LogP contribution in [-0.4, -0.2) is 31.9 Å². The van der Waals surface area contributed by atoms with E-state index in [1.807, 2.05) is 6.92 Å². The fourth-order valence-electron chi connectivity index (χ4n) is 8.32. The number of rotatable bonds is 3. The van der Waals surface area contributed by atoms with Crippen LogP contribution in [0, 0.1) is 52.3 Å². The van der Waals surface area contributed by atoms with Crippen LogP contribution in [0.4, 0.5) is 8.78 Å². The number of hydrogen-bond acceptors (Lipinski definition) is 4. The normalized spacial score (nSPS) is 45.4. The fraction of sp³-hybridized carbons (Fsp3) is 0.800. The van der Waals surface area contributed by atoms with Gasteiger partial charge in [-0.25, -0.2) is 9.07 Å². The number of ketones is 1. The maximum Gasteiger partial charge on any atom is 0.229 e. The molecule has 7 heteroatoms. The molecule has 4 fully saturated rings. The molecule has 1 aromatic rings. The molecule has 4 aliphatic rings. The molecule has 8 atom stereocenters. The molecule has 5 rings (SSSR count). The standard InChI is InChI=1S/C25H33F2N3O2/c1-23(32)9-10-25(27)16(11-23)3-4-17-18-5-6-20(24(18,2)8-7-19(17)25)21(31)14-30-22(26)15(12-28)13-29-30/h13,16-20,32H,3-11,14H2,1-2H3/t16-,17+,18+,19+,20-,23-,24+,25-/m1/s1. The molecule has 4 saturated carbocycles. The van der Waals surface area contributed by atoms with Gasteiger partial charge in [0.2, 0.25) is 5.95 Å². The van der Waals surface area contributed by atoms with E-state index in [2.05, 4.69) is 12.0 Å². The van der Waals surface area contributed by atoms with E-state index in [4.69, 9.17) is 5.26 Å². The third-order valence-electron chi connectivity index (χ3n) is 9.90. The Kier molecular flexibility index (Phi) is 5.05. The maximum atomic E-state index is 16.4. The Morgan fingerprint density at radius 3 is 2.72 bits per heavy atom. The third-order valence-corrected chi connectivity index (χ3v) is 9.90. The summed E-state index contributed by atoms with van der Waals surface area (Å²) in [6.07, 6.45) is 7.73. The zero-order valence-corrected chi connectivity index (χ0v) is 19.0. The van der Waals surface area contributed by atoms with Crippen molar-refractivity contribution >= 4 is 5.78 Å². The first kappa shape index (κ1) is 22.0. The number of halogens is 2. The molecule has 32 heavy (non-hydrogen) atoms. The number of fused-ring (bicyclic) bond motifs is 5. The van der Waals surface area contributed by atoms with Crippen molar-refractivity contribution in [3.63, 3.8) is 0 Å². The second-order valence-corrected chi connectivity index (χ2v) is 11.5. The van der Waals surface area contributed by atoms with Crippen LogP contribution in [0.5, 0.6) is 0 Å². The summed E-state index contributed by atoms with van der Waals surface area (Å²) >= 11 is 0. The number of aliphatic hydroxyl groups is 1. The molecule has 0 unspecified atom stereocenters. The van der Waals surface area contributed by atoms with Crippen molar-refractivity contribution in [1.29, 1.82) is 5.26 Å². The van der Waals surface area contributed by atoms with Gasteiger partial charge in [0.15, 0.2) is 5.78 Å². The highest BCUT2D eigenvalue weighted by molar-refractivity contribution is 5.82. The van der Waals surface area contributed by atoms with Crippen molar-refractivity contribution in [3.8, 4) is 6.07 Å². The Labute approximate surface area is 188 Å². The van der Waals surface area contributed by atoms with E-state index in [-0.39, 0.29) is 47.0 Å². The Morgan fingerprint density at radius 1 is 1.22 bits per heavy atom. The van der Waals surface area contributed by atoms with Gasteiger partial charge in [-0.2, -0.15) is 14.8 Å². The SMILES string of the molecule is C[C@@]1(O)CC[C@@]2(F)[C@H](CC[C@H]3[C@@H]4CC[C@H](C(=O)Cn5ncc(C#N)c5F)[C@@]4(C)CC[C@@H]32)C1. The van der Waals surface area contributed by atoms with Crippen LogP contribution in [0.3, 0.4) is 0 Å². The number of carbonyl (C=O) groups excluding carboxylic acids is 1. The highest BCUT2D eigenvalue weighted by Crippen LogP contribution is 2.66. The van der Waals surface area contributed by atoms with Crippen molar-refractivity contribution in [2.75, 3.05) is 0 Å². The first-order valence-corrected chi connectivity index (χ1v) is 12.1. The highest BCUT2D eigenvalue weighted by Gasteiger charge is 2.63. The smallest absolute Gasteiger partial charge is 0.229 e. The zero-order valence-electron chi connectivity index (χ0n) is 19.0. The number of alkyl halides is 1. The summed E-state index contributed by atoms with van der Waals surface area (Å²) in [4.78, 5) is 13.2. The molecule has 0 aliphatic heterocycles. The van der Waals surface area contributed by atoms with E-state index in [1.54, 1.807) is 6.07 Å². The van der Waals surface area contributed by atoms with Gasteiger partial charge >= 0.3 is 0 Å². The van der Waals surface area contributed by atoms with E-state index in [0.29, 0.717) is 25.2 Å². The van der Waals surface area contributed by atoms with Crippen LogP contribution in [0.1, 0.15) is 77.2 Å². The summed E-state index contributed by atoms with van der Waals surface area (Å²) < 4.78 is 31.7. The van der Waals surface area contributed by atoms with Gasteiger partial charge in [0.05, 0.1) is 11.8 Å². The van der Waals surface area contributed by atoms with Crippen LogP contribution >= 0.6 is 0 Å². The Morgan fingerprint density at radius 2 is 2.00 bits per heavy atom. The second kappa shape index (κ2) is 7.35.